The minimum absolute atomic E-state index is 0.0245. The number of hydrogen-bond acceptors (Lipinski definition) is 6. The molecule has 0 amide bonds. The number of anilines is 1. The zero-order valence-corrected chi connectivity index (χ0v) is 17.0. The van der Waals surface area contributed by atoms with Crippen molar-refractivity contribution in [3.05, 3.63) is 41.0 Å². The first kappa shape index (κ1) is 19.0. The van der Waals surface area contributed by atoms with Crippen molar-refractivity contribution in [2.24, 2.45) is 0 Å². The number of aromatic nitrogens is 1. The summed E-state index contributed by atoms with van der Waals surface area (Å²) in [6.07, 6.45) is 0.915. The number of carbonyl (C=O) groups is 1. The molecule has 0 aliphatic carbocycles. The Morgan fingerprint density at radius 1 is 1.07 bits per heavy atom. The standard InChI is InChI=1S/C22H24N2O5/c1-12-15-16(19(26)13-6-8-14(27-2)9-7-13)22-23-10-5-11-24(22)17(15)20(28-3)21(29-4)18(12)25/h6-9,23,25H,5,10-11H2,1-4H3. The number of phenolic OH excluding ortho intramolecular Hbond substituents is 1. The van der Waals surface area contributed by atoms with Crippen LogP contribution in [0.4, 0.5) is 5.82 Å². The first-order chi connectivity index (χ1) is 14.0. The molecule has 3 aromatic rings. The summed E-state index contributed by atoms with van der Waals surface area (Å²) in [7, 11) is 4.61. The molecule has 0 atom stereocenters. The van der Waals surface area contributed by atoms with Crippen LogP contribution in [0.15, 0.2) is 24.3 Å². The Morgan fingerprint density at radius 2 is 1.76 bits per heavy atom. The van der Waals surface area contributed by atoms with Gasteiger partial charge in [-0.15, -0.1) is 0 Å². The third-order valence-electron chi connectivity index (χ3n) is 5.47. The molecule has 2 heterocycles. The summed E-state index contributed by atoms with van der Waals surface area (Å²) in [6.45, 7) is 3.29. The minimum atomic E-state index is -0.129. The molecule has 0 saturated heterocycles. The van der Waals surface area contributed by atoms with E-state index in [0.29, 0.717) is 33.6 Å². The Balaban J connectivity index is 2.05. The van der Waals surface area contributed by atoms with E-state index >= 15 is 0 Å². The van der Waals surface area contributed by atoms with Crippen LogP contribution in [0.25, 0.3) is 10.9 Å². The predicted octanol–water partition coefficient (Wildman–Crippen LogP) is 3.73. The molecular formula is C22H24N2O5. The maximum Gasteiger partial charge on any atom is 0.205 e. The second kappa shape index (κ2) is 7.24. The summed E-state index contributed by atoms with van der Waals surface area (Å²) >= 11 is 0. The highest BCUT2D eigenvalue weighted by molar-refractivity contribution is 6.22. The Morgan fingerprint density at radius 3 is 2.38 bits per heavy atom. The smallest absolute Gasteiger partial charge is 0.205 e. The van der Waals surface area contributed by atoms with Gasteiger partial charge >= 0.3 is 0 Å². The fourth-order valence-corrected chi connectivity index (χ4v) is 4.06. The van der Waals surface area contributed by atoms with Crippen molar-refractivity contribution < 1.29 is 24.1 Å². The first-order valence-corrected chi connectivity index (χ1v) is 9.45. The van der Waals surface area contributed by atoms with Crippen molar-refractivity contribution in [3.8, 4) is 23.0 Å². The van der Waals surface area contributed by atoms with Gasteiger partial charge in [0.1, 0.15) is 11.6 Å². The number of methoxy groups -OCH3 is 3. The first-order valence-electron chi connectivity index (χ1n) is 9.45. The lowest BCUT2D eigenvalue weighted by molar-refractivity contribution is 0.104. The van der Waals surface area contributed by atoms with Gasteiger partial charge in [0.15, 0.2) is 17.3 Å². The molecule has 0 fully saturated rings. The van der Waals surface area contributed by atoms with Crippen molar-refractivity contribution in [1.29, 1.82) is 0 Å². The number of nitrogens with one attached hydrogen (secondary N) is 1. The molecule has 1 aliphatic rings. The van der Waals surface area contributed by atoms with E-state index in [1.807, 2.05) is 4.57 Å². The molecule has 2 aromatic carbocycles. The maximum absolute atomic E-state index is 13.6. The predicted molar refractivity (Wildman–Crippen MR) is 111 cm³/mol. The van der Waals surface area contributed by atoms with Gasteiger partial charge < -0.3 is 29.2 Å². The number of ether oxygens (including phenoxy) is 3. The van der Waals surface area contributed by atoms with E-state index in [2.05, 4.69) is 5.32 Å². The fraction of sp³-hybridized carbons (Fsp3) is 0.318. The van der Waals surface area contributed by atoms with Gasteiger partial charge in [0.05, 0.1) is 32.4 Å². The van der Waals surface area contributed by atoms with Gasteiger partial charge in [-0.1, -0.05) is 0 Å². The molecule has 152 valence electrons. The second-order valence-corrected chi connectivity index (χ2v) is 6.98. The zero-order chi connectivity index (χ0) is 20.7. The van der Waals surface area contributed by atoms with E-state index < -0.39 is 0 Å². The maximum atomic E-state index is 13.6. The topological polar surface area (TPSA) is 82.0 Å². The lowest BCUT2D eigenvalue weighted by Crippen LogP contribution is -2.18. The average molecular weight is 396 g/mol. The summed E-state index contributed by atoms with van der Waals surface area (Å²) in [4.78, 5) is 13.6. The molecule has 7 heteroatoms. The molecule has 0 unspecified atom stereocenters. The summed E-state index contributed by atoms with van der Waals surface area (Å²) in [5, 5.41) is 14.8. The van der Waals surface area contributed by atoms with Crippen LogP contribution >= 0.6 is 0 Å². The molecule has 4 rings (SSSR count). The molecule has 0 radical (unpaired) electrons. The van der Waals surface area contributed by atoms with Gasteiger partial charge in [-0.2, -0.15) is 0 Å². The Labute approximate surface area is 168 Å². The number of phenols is 1. The lowest BCUT2D eigenvalue weighted by atomic mass is 9.97. The summed E-state index contributed by atoms with van der Waals surface area (Å²) in [5.74, 6) is 1.96. The van der Waals surface area contributed by atoms with Crippen LogP contribution in [0.1, 0.15) is 27.9 Å². The van der Waals surface area contributed by atoms with Gasteiger partial charge in [0.2, 0.25) is 5.75 Å². The fourth-order valence-electron chi connectivity index (χ4n) is 4.06. The van der Waals surface area contributed by atoms with Crippen LogP contribution in [0, 0.1) is 6.92 Å². The normalized spacial score (nSPS) is 13.0. The number of rotatable bonds is 5. The van der Waals surface area contributed by atoms with Crippen LogP contribution in [-0.2, 0) is 6.54 Å². The Bertz CT molecular complexity index is 1100. The molecular weight excluding hydrogens is 372 g/mol. The molecule has 0 bridgehead atoms. The van der Waals surface area contributed by atoms with Crippen molar-refractivity contribution in [1.82, 2.24) is 4.57 Å². The van der Waals surface area contributed by atoms with Crippen molar-refractivity contribution in [2.45, 2.75) is 19.9 Å². The summed E-state index contributed by atoms with van der Waals surface area (Å²) < 4.78 is 18.3. The van der Waals surface area contributed by atoms with Gasteiger partial charge in [0, 0.05) is 29.6 Å². The minimum Gasteiger partial charge on any atom is -0.504 e. The van der Waals surface area contributed by atoms with Crippen LogP contribution in [0.5, 0.6) is 23.0 Å². The van der Waals surface area contributed by atoms with Gasteiger partial charge in [-0.05, 0) is 37.6 Å². The third-order valence-corrected chi connectivity index (χ3v) is 5.47. The van der Waals surface area contributed by atoms with E-state index in [1.54, 1.807) is 38.3 Å². The van der Waals surface area contributed by atoms with Crippen LogP contribution in [0.2, 0.25) is 0 Å². The van der Waals surface area contributed by atoms with E-state index in [0.717, 1.165) is 30.8 Å². The van der Waals surface area contributed by atoms with Crippen molar-refractivity contribution >= 4 is 22.5 Å². The van der Waals surface area contributed by atoms with Gasteiger partial charge in [-0.25, -0.2) is 0 Å². The molecule has 2 N–H and O–H groups in total. The quantitative estimate of drug-likeness (QED) is 0.640. The number of carbonyl (C=O) groups excluding carboxylic acids is 1. The number of aromatic hydroxyl groups is 1. The van der Waals surface area contributed by atoms with Crippen LogP contribution in [-0.4, -0.2) is 43.3 Å². The number of ketones is 1. The molecule has 1 aliphatic heterocycles. The Kier molecular flexibility index (Phi) is 4.74. The summed E-state index contributed by atoms with van der Waals surface area (Å²) in [6, 6.07) is 7.02. The van der Waals surface area contributed by atoms with Crippen LogP contribution < -0.4 is 19.5 Å². The third kappa shape index (κ3) is 2.76. The number of aryl methyl sites for hydroxylation is 2. The number of hydrogen-bond donors (Lipinski definition) is 2. The highest BCUT2D eigenvalue weighted by Gasteiger charge is 2.32. The van der Waals surface area contributed by atoms with Gasteiger partial charge in [0.25, 0.3) is 0 Å². The molecule has 0 spiro atoms. The van der Waals surface area contributed by atoms with E-state index in [9.17, 15) is 9.90 Å². The Hall–Kier alpha value is -3.35. The second-order valence-electron chi connectivity index (χ2n) is 6.98. The molecule has 29 heavy (non-hydrogen) atoms. The highest BCUT2D eigenvalue weighted by atomic mass is 16.5. The number of nitrogens with zero attached hydrogens (tertiary/aromatic N) is 1. The highest BCUT2D eigenvalue weighted by Crippen LogP contribution is 2.50. The molecule has 1 aromatic heterocycles. The van der Waals surface area contributed by atoms with E-state index in [-0.39, 0.29) is 17.3 Å². The SMILES string of the molecule is COc1ccc(C(=O)c2c3n(c4c(OC)c(OC)c(O)c(C)c24)CCCN3)cc1. The monoisotopic (exact) mass is 396 g/mol. The number of benzene rings is 2. The number of fused-ring (bicyclic) bond motifs is 3. The lowest BCUT2D eigenvalue weighted by Gasteiger charge is -2.20. The molecule has 7 nitrogen and oxygen atoms in total. The largest absolute Gasteiger partial charge is 0.504 e. The summed E-state index contributed by atoms with van der Waals surface area (Å²) in [5.41, 5.74) is 2.40. The van der Waals surface area contributed by atoms with Gasteiger partial charge in [-0.3, -0.25) is 4.79 Å². The van der Waals surface area contributed by atoms with Crippen LogP contribution in [0.3, 0.4) is 0 Å². The molecule has 0 saturated carbocycles. The van der Waals surface area contributed by atoms with E-state index in [4.69, 9.17) is 14.2 Å². The van der Waals surface area contributed by atoms with Crippen molar-refractivity contribution in [3.63, 3.8) is 0 Å². The zero-order valence-electron chi connectivity index (χ0n) is 17.0. The average Bonchev–Trinajstić information content (AvgIpc) is 3.10. The van der Waals surface area contributed by atoms with E-state index in [1.165, 1.54) is 14.2 Å². The van der Waals surface area contributed by atoms with Crippen molar-refractivity contribution in [2.75, 3.05) is 33.2 Å².